The van der Waals surface area contributed by atoms with Gasteiger partial charge >= 0.3 is 0 Å². The van der Waals surface area contributed by atoms with E-state index in [0.717, 1.165) is 59.9 Å². The zero-order chi connectivity index (χ0) is 29.2. The lowest BCUT2D eigenvalue weighted by molar-refractivity contribution is 0.102. The highest BCUT2D eigenvalue weighted by Gasteiger charge is 2.19. The molecule has 216 valence electrons. The fraction of sp³-hybridized carbons (Fsp3) is 0.258. The Morgan fingerprint density at radius 1 is 0.976 bits per heavy atom. The zero-order valence-corrected chi connectivity index (χ0v) is 24.5. The van der Waals surface area contributed by atoms with E-state index in [-0.39, 0.29) is 5.91 Å². The molecule has 0 atom stereocenters. The van der Waals surface area contributed by atoms with E-state index in [0.29, 0.717) is 34.5 Å². The lowest BCUT2D eigenvalue weighted by Gasteiger charge is -2.34. The Hall–Kier alpha value is -4.54. The number of carbonyl (C=O) groups is 1. The third-order valence-corrected chi connectivity index (χ3v) is 7.80. The van der Waals surface area contributed by atoms with E-state index in [4.69, 9.17) is 31.2 Å². The van der Waals surface area contributed by atoms with Gasteiger partial charge in [-0.2, -0.15) is 5.10 Å². The molecule has 11 heteroatoms. The summed E-state index contributed by atoms with van der Waals surface area (Å²) in [4.78, 5) is 26.2. The van der Waals surface area contributed by atoms with Crippen LogP contribution in [0.4, 0.5) is 11.5 Å². The van der Waals surface area contributed by atoms with Crippen molar-refractivity contribution < 1.29 is 14.3 Å². The van der Waals surface area contributed by atoms with Gasteiger partial charge in [0.1, 0.15) is 17.2 Å². The van der Waals surface area contributed by atoms with Gasteiger partial charge in [-0.3, -0.25) is 9.48 Å². The Labute approximate surface area is 248 Å². The number of aromatic amines is 1. The van der Waals surface area contributed by atoms with E-state index in [1.807, 2.05) is 35.0 Å². The normalized spacial score (nSPS) is 13.9. The molecule has 1 fully saturated rings. The molecule has 1 saturated heterocycles. The monoisotopic (exact) mass is 585 g/mol. The lowest BCUT2D eigenvalue weighted by atomic mass is 10.2. The predicted octanol–water partition coefficient (Wildman–Crippen LogP) is 5.15. The van der Waals surface area contributed by atoms with Crippen LogP contribution in [0.3, 0.4) is 0 Å². The molecule has 0 spiro atoms. The molecular formula is C31H32ClN7O3. The van der Waals surface area contributed by atoms with Gasteiger partial charge in [0, 0.05) is 43.5 Å². The number of anilines is 2. The minimum absolute atomic E-state index is 0.332. The number of benzene rings is 3. The molecule has 0 saturated carbocycles. The number of carbonyl (C=O) groups excluding carboxylic acids is 1. The third-order valence-electron chi connectivity index (χ3n) is 7.50. The maximum Gasteiger partial charge on any atom is 0.256 e. The molecule has 6 rings (SSSR count). The fourth-order valence-corrected chi connectivity index (χ4v) is 5.32. The molecule has 0 aliphatic carbocycles. The summed E-state index contributed by atoms with van der Waals surface area (Å²) in [6.45, 7) is 4.50. The average molecular weight is 586 g/mol. The minimum Gasteiger partial charge on any atom is -0.497 e. The van der Waals surface area contributed by atoms with Gasteiger partial charge in [0.25, 0.3) is 5.91 Å². The van der Waals surface area contributed by atoms with Gasteiger partial charge in [-0.05, 0) is 61.1 Å². The molecule has 0 bridgehead atoms. The van der Waals surface area contributed by atoms with Crippen molar-refractivity contribution in [3.63, 3.8) is 0 Å². The maximum absolute atomic E-state index is 13.1. The molecule has 1 aliphatic heterocycles. The number of nitrogens with zero attached hydrogens (tertiary/aromatic N) is 5. The molecule has 0 radical (unpaired) electrons. The van der Waals surface area contributed by atoms with Gasteiger partial charge in [-0.15, -0.1) is 0 Å². The number of hydrogen-bond donors (Lipinski definition) is 2. The summed E-state index contributed by atoms with van der Waals surface area (Å²) in [5.41, 5.74) is 5.12. The molecule has 2 aromatic heterocycles. The fourth-order valence-electron chi connectivity index (χ4n) is 5.07. The molecule has 0 unspecified atom stereocenters. The highest BCUT2D eigenvalue weighted by Crippen LogP contribution is 2.29. The first-order valence-corrected chi connectivity index (χ1v) is 14.1. The number of piperazine rings is 1. The first-order chi connectivity index (χ1) is 20.4. The molecule has 5 aromatic rings. The highest BCUT2D eigenvalue weighted by atomic mass is 35.5. The Bertz CT molecular complexity index is 1720. The standard InChI is InChI=1S/C31H32ClN7O3/c1-37-12-14-38(15-13-37)22-7-10-25-26(17-22)34-30(33-25)27-18-29(35-31(40)21-6-11-28(42-3)24(32)16-21)36-39(27)19-20-4-8-23(41-2)9-5-20/h4-11,16-18H,12-15,19H2,1-3H3,(H,33,34)(H,35,36,40). The van der Waals surface area contributed by atoms with Crippen molar-refractivity contribution in [2.75, 3.05) is 57.7 Å². The molecule has 1 aliphatic rings. The van der Waals surface area contributed by atoms with Gasteiger partial charge < -0.3 is 29.6 Å². The van der Waals surface area contributed by atoms with Crippen LogP contribution in [0, 0.1) is 0 Å². The van der Waals surface area contributed by atoms with Crippen LogP contribution in [0.2, 0.25) is 5.02 Å². The SMILES string of the molecule is COc1ccc(Cn2nc(NC(=O)c3ccc(OC)c(Cl)c3)cc2-c2nc3cc(N4CCN(C)CC4)ccc3[nH]2)cc1. The lowest BCUT2D eigenvalue weighted by Crippen LogP contribution is -2.44. The summed E-state index contributed by atoms with van der Waals surface area (Å²) < 4.78 is 12.3. The van der Waals surface area contributed by atoms with Crippen molar-refractivity contribution >= 4 is 40.0 Å². The van der Waals surface area contributed by atoms with E-state index in [1.165, 1.54) is 7.11 Å². The number of aromatic nitrogens is 4. The second-order valence-corrected chi connectivity index (χ2v) is 10.7. The number of ether oxygens (including phenoxy) is 2. The Morgan fingerprint density at radius 3 is 2.48 bits per heavy atom. The van der Waals surface area contributed by atoms with Crippen LogP contribution >= 0.6 is 11.6 Å². The molecular weight excluding hydrogens is 554 g/mol. The number of halogens is 1. The number of likely N-dealkylation sites (N-methyl/N-ethyl adjacent to an activating group) is 1. The number of fused-ring (bicyclic) bond motifs is 1. The smallest absolute Gasteiger partial charge is 0.256 e. The maximum atomic E-state index is 13.1. The van der Waals surface area contributed by atoms with E-state index < -0.39 is 0 Å². The molecule has 3 aromatic carbocycles. The molecule has 2 N–H and O–H groups in total. The van der Waals surface area contributed by atoms with Gasteiger partial charge in [0.05, 0.1) is 36.8 Å². The number of rotatable bonds is 8. The Morgan fingerprint density at radius 2 is 1.76 bits per heavy atom. The predicted molar refractivity (Wildman–Crippen MR) is 165 cm³/mol. The number of methoxy groups -OCH3 is 2. The van der Waals surface area contributed by atoms with Crippen LogP contribution in [0.1, 0.15) is 15.9 Å². The second kappa shape index (κ2) is 11.8. The molecule has 10 nitrogen and oxygen atoms in total. The first-order valence-electron chi connectivity index (χ1n) is 13.7. The number of amides is 1. The summed E-state index contributed by atoms with van der Waals surface area (Å²) in [6.07, 6.45) is 0. The van der Waals surface area contributed by atoms with E-state index in [1.54, 1.807) is 25.3 Å². The average Bonchev–Trinajstić information content (AvgIpc) is 3.61. The number of imidazole rings is 1. The van der Waals surface area contributed by atoms with Gasteiger partial charge in [-0.1, -0.05) is 23.7 Å². The topological polar surface area (TPSA) is 101 Å². The van der Waals surface area contributed by atoms with Crippen molar-refractivity contribution in [2.24, 2.45) is 0 Å². The molecule has 42 heavy (non-hydrogen) atoms. The minimum atomic E-state index is -0.332. The van der Waals surface area contributed by atoms with Crippen LogP contribution in [0.25, 0.3) is 22.6 Å². The summed E-state index contributed by atoms with van der Waals surface area (Å²) >= 11 is 6.25. The van der Waals surface area contributed by atoms with Crippen LogP contribution in [-0.4, -0.2) is 78.0 Å². The van der Waals surface area contributed by atoms with Crippen molar-refractivity contribution in [1.82, 2.24) is 24.6 Å². The first kappa shape index (κ1) is 27.6. The largest absolute Gasteiger partial charge is 0.497 e. The number of nitrogens with one attached hydrogen (secondary N) is 2. The summed E-state index contributed by atoms with van der Waals surface area (Å²) in [5.74, 6) is 2.00. The zero-order valence-electron chi connectivity index (χ0n) is 23.7. The molecule has 1 amide bonds. The van der Waals surface area contributed by atoms with Gasteiger partial charge in [0.2, 0.25) is 0 Å². The van der Waals surface area contributed by atoms with Crippen molar-refractivity contribution in [1.29, 1.82) is 0 Å². The van der Waals surface area contributed by atoms with Crippen LogP contribution in [0.15, 0.2) is 66.7 Å². The Kier molecular flexibility index (Phi) is 7.73. The second-order valence-electron chi connectivity index (χ2n) is 10.3. The Balaban J connectivity index is 1.32. The quantitative estimate of drug-likeness (QED) is 0.260. The summed E-state index contributed by atoms with van der Waals surface area (Å²) in [6, 6.07) is 20.9. The summed E-state index contributed by atoms with van der Waals surface area (Å²) in [7, 11) is 5.32. The van der Waals surface area contributed by atoms with E-state index in [2.05, 4.69) is 45.3 Å². The van der Waals surface area contributed by atoms with Crippen LogP contribution < -0.4 is 19.7 Å². The summed E-state index contributed by atoms with van der Waals surface area (Å²) in [5, 5.41) is 8.00. The van der Waals surface area contributed by atoms with Crippen LogP contribution in [-0.2, 0) is 6.54 Å². The van der Waals surface area contributed by atoms with Crippen molar-refractivity contribution in [3.05, 3.63) is 82.9 Å². The number of hydrogen-bond acceptors (Lipinski definition) is 7. The molecule has 3 heterocycles. The number of H-pyrrole nitrogens is 1. The van der Waals surface area contributed by atoms with Crippen molar-refractivity contribution in [2.45, 2.75) is 6.54 Å². The van der Waals surface area contributed by atoms with Crippen molar-refractivity contribution in [3.8, 4) is 23.0 Å². The third kappa shape index (κ3) is 5.77. The van der Waals surface area contributed by atoms with Gasteiger partial charge in [-0.25, -0.2) is 4.98 Å². The highest BCUT2D eigenvalue weighted by molar-refractivity contribution is 6.32. The van der Waals surface area contributed by atoms with E-state index in [9.17, 15) is 4.79 Å². The van der Waals surface area contributed by atoms with Gasteiger partial charge in [0.15, 0.2) is 11.6 Å². The van der Waals surface area contributed by atoms with E-state index >= 15 is 0 Å². The van der Waals surface area contributed by atoms with Crippen LogP contribution in [0.5, 0.6) is 11.5 Å².